The zero-order valence-electron chi connectivity index (χ0n) is 7.25. The van der Waals surface area contributed by atoms with Gasteiger partial charge in [0.25, 0.3) is 0 Å². The van der Waals surface area contributed by atoms with Gasteiger partial charge in [0.1, 0.15) is 0 Å². The molecule has 1 aliphatic heterocycles. The SMILES string of the molecule is CCC1CN(C#N)CCN1C. The van der Waals surface area contributed by atoms with Gasteiger partial charge in [-0.3, -0.25) is 4.90 Å². The largest absolute Gasteiger partial charge is 0.308 e. The van der Waals surface area contributed by atoms with Gasteiger partial charge in [0, 0.05) is 25.7 Å². The number of nitrogens with zero attached hydrogens (tertiary/aromatic N) is 3. The number of hydrogen-bond acceptors (Lipinski definition) is 3. The molecule has 1 atom stereocenters. The van der Waals surface area contributed by atoms with Crippen LogP contribution in [0.25, 0.3) is 0 Å². The summed E-state index contributed by atoms with van der Waals surface area (Å²) < 4.78 is 0. The first kappa shape index (κ1) is 8.35. The van der Waals surface area contributed by atoms with E-state index in [1.165, 1.54) is 0 Å². The van der Waals surface area contributed by atoms with Crippen LogP contribution >= 0.6 is 0 Å². The fourth-order valence-corrected chi connectivity index (χ4v) is 1.48. The predicted molar refractivity (Wildman–Crippen MR) is 43.9 cm³/mol. The summed E-state index contributed by atoms with van der Waals surface area (Å²) >= 11 is 0. The summed E-state index contributed by atoms with van der Waals surface area (Å²) in [7, 11) is 2.13. The van der Waals surface area contributed by atoms with Gasteiger partial charge in [-0.05, 0) is 13.5 Å². The minimum absolute atomic E-state index is 0.573. The van der Waals surface area contributed by atoms with E-state index in [2.05, 4.69) is 25.1 Å². The normalized spacial score (nSPS) is 26.6. The van der Waals surface area contributed by atoms with Crippen molar-refractivity contribution in [3.8, 4) is 6.19 Å². The van der Waals surface area contributed by atoms with Gasteiger partial charge in [-0.25, -0.2) is 0 Å². The Bertz CT molecular complexity index is 161. The van der Waals surface area contributed by atoms with Gasteiger partial charge >= 0.3 is 0 Å². The molecule has 0 amide bonds. The Morgan fingerprint density at radius 3 is 2.82 bits per heavy atom. The maximum Gasteiger partial charge on any atom is 0.179 e. The molecule has 3 heteroatoms. The van der Waals surface area contributed by atoms with Crippen molar-refractivity contribution >= 4 is 0 Å². The van der Waals surface area contributed by atoms with Crippen LogP contribution in [0, 0.1) is 11.5 Å². The quantitative estimate of drug-likeness (QED) is 0.514. The summed E-state index contributed by atoms with van der Waals surface area (Å²) in [5.41, 5.74) is 0. The van der Waals surface area contributed by atoms with Gasteiger partial charge in [-0.2, -0.15) is 5.26 Å². The summed E-state index contributed by atoms with van der Waals surface area (Å²) in [5.74, 6) is 0. The summed E-state index contributed by atoms with van der Waals surface area (Å²) in [6, 6.07) is 0.573. The molecule has 0 radical (unpaired) electrons. The fraction of sp³-hybridized carbons (Fsp3) is 0.875. The molecule has 11 heavy (non-hydrogen) atoms. The lowest BCUT2D eigenvalue weighted by Crippen LogP contribution is -2.49. The highest BCUT2D eigenvalue weighted by molar-refractivity contribution is 4.85. The monoisotopic (exact) mass is 153 g/mol. The van der Waals surface area contributed by atoms with E-state index in [0.717, 1.165) is 26.1 Å². The highest BCUT2D eigenvalue weighted by Gasteiger charge is 2.21. The first-order valence-corrected chi connectivity index (χ1v) is 4.12. The van der Waals surface area contributed by atoms with Gasteiger partial charge in [0.15, 0.2) is 6.19 Å². The van der Waals surface area contributed by atoms with Gasteiger partial charge < -0.3 is 4.90 Å². The molecule has 0 aromatic rings. The molecular formula is C8H15N3. The molecule has 3 nitrogen and oxygen atoms in total. The second-order valence-corrected chi connectivity index (χ2v) is 3.09. The first-order valence-electron chi connectivity index (χ1n) is 4.12. The van der Waals surface area contributed by atoms with E-state index in [4.69, 9.17) is 5.26 Å². The van der Waals surface area contributed by atoms with Crippen molar-refractivity contribution in [1.29, 1.82) is 5.26 Å². The summed E-state index contributed by atoms with van der Waals surface area (Å²) in [4.78, 5) is 4.17. The molecule has 1 saturated heterocycles. The molecule has 0 aromatic heterocycles. The molecule has 0 N–H and O–H groups in total. The predicted octanol–water partition coefficient (Wildman–Crippen LogP) is 0.493. The van der Waals surface area contributed by atoms with Crippen LogP contribution in [-0.2, 0) is 0 Å². The average molecular weight is 153 g/mol. The Kier molecular flexibility index (Phi) is 2.72. The Hall–Kier alpha value is -0.750. The van der Waals surface area contributed by atoms with E-state index in [9.17, 15) is 0 Å². The molecular weight excluding hydrogens is 138 g/mol. The molecule has 62 valence electrons. The average Bonchev–Trinajstić information content (AvgIpc) is 2.05. The van der Waals surface area contributed by atoms with Crippen molar-refractivity contribution in [2.24, 2.45) is 0 Å². The Balaban J connectivity index is 2.45. The minimum atomic E-state index is 0.573. The zero-order valence-corrected chi connectivity index (χ0v) is 7.25. The lowest BCUT2D eigenvalue weighted by molar-refractivity contribution is 0.130. The van der Waals surface area contributed by atoms with Crippen LogP contribution in [0.15, 0.2) is 0 Å². The molecule has 1 aliphatic rings. The van der Waals surface area contributed by atoms with Crippen molar-refractivity contribution in [2.45, 2.75) is 19.4 Å². The zero-order chi connectivity index (χ0) is 8.27. The third-order valence-corrected chi connectivity index (χ3v) is 2.39. The van der Waals surface area contributed by atoms with E-state index in [1.807, 2.05) is 4.90 Å². The fourth-order valence-electron chi connectivity index (χ4n) is 1.48. The molecule has 1 rings (SSSR count). The van der Waals surface area contributed by atoms with Gasteiger partial charge in [0.2, 0.25) is 0 Å². The van der Waals surface area contributed by atoms with Crippen molar-refractivity contribution in [3.63, 3.8) is 0 Å². The van der Waals surface area contributed by atoms with Crippen LogP contribution in [0.3, 0.4) is 0 Å². The van der Waals surface area contributed by atoms with Crippen LogP contribution in [0.1, 0.15) is 13.3 Å². The maximum atomic E-state index is 8.65. The van der Waals surface area contributed by atoms with Crippen molar-refractivity contribution < 1.29 is 0 Å². The topological polar surface area (TPSA) is 30.3 Å². The van der Waals surface area contributed by atoms with E-state index < -0.39 is 0 Å². The molecule has 0 bridgehead atoms. The third kappa shape index (κ3) is 1.84. The van der Waals surface area contributed by atoms with Crippen LogP contribution in [0.2, 0.25) is 0 Å². The second-order valence-electron chi connectivity index (χ2n) is 3.09. The highest BCUT2D eigenvalue weighted by atomic mass is 15.3. The summed E-state index contributed by atoms with van der Waals surface area (Å²) in [6.45, 7) is 4.99. The van der Waals surface area contributed by atoms with Crippen LogP contribution in [-0.4, -0.2) is 42.5 Å². The molecule has 1 fully saturated rings. The molecule has 0 saturated carbocycles. The van der Waals surface area contributed by atoms with Gasteiger partial charge in [-0.15, -0.1) is 0 Å². The second kappa shape index (κ2) is 3.59. The number of piperazine rings is 1. The number of likely N-dealkylation sites (N-methyl/N-ethyl adjacent to an activating group) is 1. The van der Waals surface area contributed by atoms with Crippen LogP contribution < -0.4 is 0 Å². The Morgan fingerprint density at radius 1 is 1.55 bits per heavy atom. The molecule has 0 spiro atoms. The van der Waals surface area contributed by atoms with E-state index in [0.29, 0.717) is 6.04 Å². The number of rotatable bonds is 1. The first-order chi connectivity index (χ1) is 5.27. The van der Waals surface area contributed by atoms with Crippen LogP contribution in [0.5, 0.6) is 0 Å². The van der Waals surface area contributed by atoms with Crippen molar-refractivity contribution in [3.05, 3.63) is 0 Å². The molecule has 0 aromatic carbocycles. The van der Waals surface area contributed by atoms with Crippen LogP contribution in [0.4, 0.5) is 0 Å². The minimum Gasteiger partial charge on any atom is -0.308 e. The van der Waals surface area contributed by atoms with Gasteiger partial charge in [0.05, 0.1) is 0 Å². The molecule has 0 aliphatic carbocycles. The van der Waals surface area contributed by atoms with E-state index >= 15 is 0 Å². The number of hydrogen-bond donors (Lipinski definition) is 0. The number of nitriles is 1. The summed E-state index contributed by atoms with van der Waals surface area (Å²) in [5, 5.41) is 8.65. The third-order valence-electron chi connectivity index (χ3n) is 2.39. The van der Waals surface area contributed by atoms with E-state index in [-0.39, 0.29) is 0 Å². The molecule has 1 heterocycles. The van der Waals surface area contributed by atoms with Gasteiger partial charge in [-0.1, -0.05) is 6.92 Å². The Labute approximate surface area is 68.2 Å². The van der Waals surface area contributed by atoms with Crippen molar-refractivity contribution in [2.75, 3.05) is 26.7 Å². The molecule has 1 unspecified atom stereocenters. The standard InChI is InChI=1S/C8H15N3/c1-3-8-6-11(7-9)5-4-10(8)2/h8H,3-6H2,1-2H3. The van der Waals surface area contributed by atoms with E-state index in [1.54, 1.807) is 0 Å². The Morgan fingerprint density at radius 2 is 2.27 bits per heavy atom. The lowest BCUT2D eigenvalue weighted by Gasteiger charge is -2.36. The highest BCUT2D eigenvalue weighted by Crippen LogP contribution is 2.08. The smallest absolute Gasteiger partial charge is 0.179 e. The lowest BCUT2D eigenvalue weighted by atomic mass is 10.1. The maximum absolute atomic E-state index is 8.65. The summed E-state index contributed by atoms with van der Waals surface area (Å²) in [6.07, 6.45) is 3.33. The van der Waals surface area contributed by atoms with Crippen molar-refractivity contribution in [1.82, 2.24) is 9.80 Å².